The molecule has 1 aromatic heterocycles. The summed E-state index contributed by atoms with van der Waals surface area (Å²) in [7, 11) is 0. The number of fused-ring (bicyclic) bond motifs is 1. The van der Waals surface area contributed by atoms with E-state index in [4.69, 9.17) is 4.74 Å². The molecule has 1 fully saturated rings. The summed E-state index contributed by atoms with van der Waals surface area (Å²) in [6, 6.07) is 6.57. The zero-order valence-corrected chi connectivity index (χ0v) is 11.8. The SMILES string of the molecule is Cc1cc(OC2CCNCC2)nc2ccc([N+](=O)[O-])cc12. The van der Waals surface area contributed by atoms with E-state index in [2.05, 4.69) is 10.3 Å². The van der Waals surface area contributed by atoms with E-state index in [9.17, 15) is 10.1 Å². The number of piperidine rings is 1. The molecule has 110 valence electrons. The highest BCUT2D eigenvalue weighted by atomic mass is 16.6. The van der Waals surface area contributed by atoms with Crippen molar-refractivity contribution in [3.63, 3.8) is 0 Å². The number of non-ortho nitro benzene ring substituents is 1. The Labute approximate surface area is 122 Å². The summed E-state index contributed by atoms with van der Waals surface area (Å²) >= 11 is 0. The molecule has 0 saturated carbocycles. The smallest absolute Gasteiger partial charge is 0.270 e. The highest BCUT2D eigenvalue weighted by Crippen LogP contribution is 2.26. The summed E-state index contributed by atoms with van der Waals surface area (Å²) in [5.41, 5.74) is 1.75. The number of nitrogens with zero attached hydrogens (tertiary/aromatic N) is 2. The Bertz CT molecular complexity index is 681. The second-order valence-electron chi connectivity index (χ2n) is 5.30. The normalized spacial score (nSPS) is 16.0. The maximum atomic E-state index is 10.8. The van der Waals surface area contributed by atoms with E-state index in [1.807, 2.05) is 13.0 Å². The Hall–Kier alpha value is -2.21. The Morgan fingerprint density at radius 1 is 1.33 bits per heavy atom. The van der Waals surface area contributed by atoms with Crippen molar-refractivity contribution in [1.82, 2.24) is 10.3 Å². The maximum Gasteiger partial charge on any atom is 0.270 e. The molecule has 0 bridgehead atoms. The molecule has 1 aliphatic rings. The van der Waals surface area contributed by atoms with Crippen LogP contribution in [-0.2, 0) is 0 Å². The largest absolute Gasteiger partial charge is 0.474 e. The van der Waals surface area contributed by atoms with Crippen molar-refractivity contribution in [2.24, 2.45) is 0 Å². The van der Waals surface area contributed by atoms with Gasteiger partial charge in [-0.2, -0.15) is 0 Å². The van der Waals surface area contributed by atoms with Crippen molar-refractivity contribution in [1.29, 1.82) is 0 Å². The van der Waals surface area contributed by atoms with E-state index in [1.54, 1.807) is 12.1 Å². The van der Waals surface area contributed by atoms with Gasteiger partial charge in [0.25, 0.3) is 5.69 Å². The number of nitro groups is 1. The zero-order chi connectivity index (χ0) is 14.8. The maximum absolute atomic E-state index is 10.8. The van der Waals surface area contributed by atoms with Gasteiger partial charge < -0.3 is 10.1 Å². The first kappa shape index (κ1) is 13.8. The Kier molecular flexibility index (Phi) is 3.70. The number of ether oxygens (including phenoxy) is 1. The summed E-state index contributed by atoms with van der Waals surface area (Å²) < 4.78 is 5.94. The predicted molar refractivity (Wildman–Crippen MR) is 79.7 cm³/mol. The summed E-state index contributed by atoms with van der Waals surface area (Å²) in [4.78, 5) is 14.9. The van der Waals surface area contributed by atoms with Gasteiger partial charge >= 0.3 is 0 Å². The zero-order valence-electron chi connectivity index (χ0n) is 11.8. The van der Waals surface area contributed by atoms with Gasteiger partial charge in [0.1, 0.15) is 6.10 Å². The summed E-state index contributed by atoms with van der Waals surface area (Å²) in [6.07, 6.45) is 2.13. The molecule has 0 aliphatic carbocycles. The number of hydrogen-bond acceptors (Lipinski definition) is 5. The van der Waals surface area contributed by atoms with Crippen molar-refractivity contribution in [2.75, 3.05) is 13.1 Å². The van der Waals surface area contributed by atoms with Crippen LogP contribution in [0, 0.1) is 17.0 Å². The molecule has 1 saturated heterocycles. The standard InChI is InChI=1S/C15H17N3O3/c1-10-8-15(21-12-4-6-16-7-5-12)17-14-3-2-11(18(19)20)9-13(10)14/h2-3,8-9,12,16H,4-7H2,1H3. The van der Waals surface area contributed by atoms with Gasteiger partial charge in [-0.15, -0.1) is 0 Å². The molecule has 1 aliphatic heterocycles. The summed E-state index contributed by atoms with van der Waals surface area (Å²) in [6.45, 7) is 3.84. The van der Waals surface area contributed by atoms with Gasteiger partial charge in [0, 0.05) is 23.6 Å². The van der Waals surface area contributed by atoms with E-state index < -0.39 is 4.92 Å². The number of nitro benzene ring substituents is 1. The minimum atomic E-state index is -0.391. The lowest BCUT2D eigenvalue weighted by Gasteiger charge is -2.23. The van der Waals surface area contributed by atoms with E-state index >= 15 is 0 Å². The highest BCUT2D eigenvalue weighted by Gasteiger charge is 2.16. The number of aryl methyl sites for hydroxylation is 1. The highest BCUT2D eigenvalue weighted by molar-refractivity contribution is 5.84. The third-order valence-corrected chi connectivity index (χ3v) is 3.76. The number of pyridine rings is 1. The summed E-state index contributed by atoms with van der Waals surface area (Å²) in [5.74, 6) is 0.598. The van der Waals surface area contributed by atoms with Crippen molar-refractivity contribution < 1.29 is 9.66 Å². The third-order valence-electron chi connectivity index (χ3n) is 3.76. The van der Waals surface area contributed by atoms with Gasteiger partial charge in [-0.3, -0.25) is 10.1 Å². The monoisotopic (exact) mass is 287 g/mol. The van der Waals surface area contributed by atoms with E-state index in [1.165, 1.54) is 6.07 Å². The fourth-order valence-electron chi connectivity index (χ4n) is 2.61. The van der Waals surface area contributed by atoms with Crippen molar-refractivity contribution in [3.8, 4) is 5.88 Å². The average molecular weight is 287 g/mol. The van der Waals surface area contributed by atoms with Crippen LogP contribution in [0.4, 0.5) is 5.69 Å². The van der Waals surface area contributed by atoms with E-state index in [-0.39, 0.29) is 11.8 Å². The van der Waals surface area contributed by atoms with Gasteiger partial charge in [-0.05, 0) is 44.5 Å². The van der Waals surface area contributed by atoms with E-state index in [0.29, 0.717) is 5.88 Å². The van der Waals surface area contributed by atoms with Crippen LogP contribution < -0.4 is 10.1 Å². The Balaban J connectivity index is 1.91. The van der Waals surface area contributed by atoms with Crippen LogP contribution >= 0.6 is 0 Å². The van der Waals surface area contributed by atoms with Crippen LogP contribution in [0.1, 0.15) is 18.4 Å². The van der Waals surface area contributed by atoms with Gasteiger partial charge in [-0.1, -0.05) is 0 Å². The number of hydrogen-bond donors (Lipinski definition) is 1. The molecule has 2 aromatic rings. The average Bonchev–Trinajstić information content (AvgIpc) is 2.48. The number of benzene rings is 1. The first-order valence-electron chi connectivity index (χ1n) is 7.06. The van der Waals surface area contributed by atoms with Crippen molar-refractivity contribution in [3.05, 3.63) is 39.9 Å². The molecular weight excluding hydrogens is 270 g/mol. The molecule has 0 atom stereocenters. The molecule has 1 N–H and O–H groups in total. The molecule has 0 spiro atoms. The molecular formula is C15H17N3O3. The van der Waals surface area contributed by atoms with Crippen molar-refractivity contribution in [2.45, 2.75) is 25.9 Å². The number of nitrogens with one attached hydrogen (secondary N) is 1. The minimum absolute atomic E-state index is 0.0828. The second kappa shape index (κ2) is 5.65. The van der Waals surface area contributed by atoms with Gasteiger partial charge in [0.05, 0.1) is 10.4 Å². The Morgan fingerprint density at radius 3 is 2.81 bits per heavy atom. The van der Waals surface area contributed by atoms with Crippen LogP contribution in [-0.4, -0.2) is 29.1 Å². The predicted octanol–water partition coefficient (Wildman–Crippen LogP) is 2.58. The molecule has 1 aromatic carbocycles. The molecule has 6 heteroatoms. The number of aromatic nitrogens is 1. The van der Waals surface area contributed by atoms with Crippen LogP contribution in [0.5, 0.6) is 5.88 Å². The quantitative estimate of drug-likeness (QED) is 0.693. The molecule has 6 nitrogen and oxygen atoms in total. The van der Waals surface area contributed by atoms with Gasteiger partial charge in [0.2, 0.25) is 5.88 Å². The fourth-order valence-corrected chi connectivity index (χ4v) is 2.61. The topological polar surface area (TPSA) is 77.3 Å². The number of rotatable bonds is 3. The first-order valence-corrected chi connectivity index (χ1v) is 7.06. The van der Waals surface area contributed by atoms with Crippen LogP contribution in [0.3, 0.4) is 0 Å². The molecule has 0 unspecified atom stereocenters. The van der Waals surface area contributed by atoms with Crippen molar-refractivity contribution >= 4 is 16.6 Å². The first-order chi connectivity index (χ1) is 10.1. The lowest BCUT2D eigenvalue weighted by molar-refractivity contribution is -0.384. The Morgan fingerprint density at radius 2 is 2.10 bits per heavy atom. The lowest BCUT2D eigenvalue weighted by Crippen LogP contribution is -2.34. The second-order valence-corrected chi connectivity index (χ2v) is 5.30. The summed E-state index contributed by atoms with van der Waals surface area (Å²) in [5, 5.41) is 14.9. The van der Waals surface area contributed by atoms with Gasteiger partial charge in [0.15, 0.2) is 0 Å². The van der Waals surface area contributed by atoms with Crippen LogP contribution in [0.15, 0.2) is 24.3 Å². The molecule has 0 radical (unpaired) electrons. The molecule has 21 heavy (non-hydrogen) atoms. The lowest BCUT2D eigenvalue weighted by atomic mass is 10.1. The fraction of sp³-hybridized carbons (Fsp3) is 0.400. The molecule has 3 rings (SSSR count). The van der Waals surface area contributed by atoms with E-state index in [0.717, 1.165) is 42.4 Å². The third kappa shape index (κ3) is 2.95. The minimum Gasteiger partial charge on any atom is -0.474 e. The molecule has 0 amide bonds. The van der Waals surface area contributed by atoms with Gasteiger partial charge in [-0.25, -0.2) is 4.98 Å². The van der Waals surface area contributed by atoms with Crippen LogP contribution in [0.2, 0.25) is 0 Å². The van der Waals surface area contributed by atoms with Crippen LogP contribution in [0.25, 0.3) is 10.9 Å². The molecule has 2 heterocycles.